The van der Waals surface area contributed by atoms with Crippen LogP contribution in [0.5, 0.6) is 0 Å². The fourth-order valence-corrected chi connectivity index (χ4v) is 2.19. The number of ether oxygens (including phenoxy) is 1. The highest BCUT2D eigenvalue weighted by Crippen LogP contribution is 2.09. The predicted molar refractivity (Wildman–Crippen MR) is 79.6 cm³/mol. The Kier molecular flexibility index (Phi) is 4.98. The van der Waals surface area contributed by atoms with Crippen LogP contribution in [0.2, 0.25) is 0 Å². The molecule has 1 fully saturated rings. The van der Waals surface area contributed by atoms with E-state index in [-0.39, 0.29) is 12.5 Å². The molecule has 0 spiro atoms. The summed E-state index contributed by atoms with van der Waals surface area (Å²) in [5, 5.41) is 0. The normalized spacial score (nSPS) is 14.0. The van der Waals surface area contributed by atoms with Crippen molar-refractivity contribution in [3.05, 3.63) is 48.0 Å². The summed E-state index contributed by atoms with van der Waals surface area (Å²) in [6.07, 6.45) is -0.418. The van der Waals surface area contributed by atoms with E-state index in [0.29, 0.717) is 26.2 Å². The van der Waals surface area contributed by atoms with Crippen LogP contribution in [-0.2, 0) is 16.1 Å². The second-order valence-corrected chi connectivity index (χ2v) is 5.23. The highest BCUT2D eigenvalue weighted by Gasteiger charge is 2.26. The third-order valence-corrected chi connectivity index (χ3v) is 3.20. The Balaban J connectivity index is 2.02. The predicted octanol–water partition coefficient (Wildman–Crippen LogP) is 2.04. The third kappa shape index (κ3) is 4.34. The second kappa shape index (κ2) is 6.92. The first-order valence-corrected chi connectivity index (χ1v) is 6.94. The SMILES string of the molecule is C=C(C)CN(Cc1ccccc1)C(=O)CN1CCOC1=O. The highest BCUT2D eigenvalue weighted by atomic mass is 16.6. The fourth-order valence-electron chi connectivity index (χ4n) is 2.19. The summed E-state index contributed by atoms with van der Waals surface area (Å²) >= 11 is 0. The highest BCUT2D eigenvalue weighted by molar-refractivity contribution is 5.83. The number of benzene rings is 1. The van der Waals surface area contributed by atoms with Crippen LogP contribution in [0.25, 0.3) is 0 Å². The smallest absolute Gasteiger partial charge is 0.410 e. The van der Waals surface area contributed by atoms with E-state index >= 15 is 0 Å². The lowest BCUT2D eigenvalue weighted by molar-refractivity contribution is -0.131. The van der Waals surface area contributed by atoms with Gasteiger partial charge in [-0.15, -0.1) is 0 Å². The topological polar surface area (TPSA) is 49.9 Å². The zero-order chi connectivity index (χ0) is 15.2. The zero-order valence-corrected chi connectivity index (χ0v) is 12.2. The van der Waals surface area contributed by atoms with E-state index < -0.39 is 6.09 Å². The molecule has 1 aliphatic rings. The molecule has 1 saturated heterocycles. The molecule has 0 aromatic heterocycles. The number of carbonyl (C=O) groups is 2. The van der Waals surface area contributed by atoms with Gasteiger partial charge in [0.05, 0.1) is 6.54 Å². The minimum atomic E-state index is -0.418. The summed E-state index contributed by atoms with van der Waals surface area (Å²) in [6.45, 7) is 7.62. The van der Waals surface area contributed by atoms with E-state index in [1.165, 1.54) is 4.90 Å². The molecule has 0 bridgehead atoms. The van der Waals surface area contributed by atoms with Crippen molar-refractivity contribution in [1.82, 2.24) is 9.80 Å². The molecule has 0 N–H and O–H groups in total. The van der Waals surface area contributed by atoms with E-state index in [1.54, 1.807) is 4.90 Å². The maximum absolute atomic E-state index is 12.4. The van der Waals surface area contributed by atoms with Crippen molar-refractivity contribution in [2.45, 2.75) is 13.5 Å². The van der Waals surface area contributed by atoms with E-state index in [1.807, 2.05) is 37.3 Å². The van der Waals surface area contributed by atoms with Crippen LogP contribution in [-0.4, -0.2) is 48.0 Å². The average Bonchev–Trinajstić information content (AvgIpc) is 2.84. The lowest BCUT2D eigenvalue weighted by atomic mass is 10.2. The van der Waals surface area contributed by atoms with Crippen molar-refractivity contribution in [2.24, 2.45) is 0 Å². The third-order valence-electron chi connectivity index (χ3n) is 3.20. The summed E-state index contributed by atoms with van der Waals surface area (Å²) in [5.41, 5.74) is 1.96. The average molecular weight is 288 g/mol. The largest absolute Gasteiger partial charge is 0.448 e. The molecule has 21 heavy (non-hydrogen) atoms. The number of amides is 2. The van der Waals surface area contributed by atoms with E-state index in [4.69, 9.17) is 4.74 Å². The molecule has 112 valence electrons. The monoisotopic (exact) mass is 288 g/mol. The first kappa shape index (κ1) is 15.1. The molecule has 5 heteroatoms. The van der Waals surface area contributed by atoms with Crippen molar-refractivity contribution in [3.63, 3.8) is 0 Å². The maximum Gasteiger partial charge on any atom is 0.410 e. The van der Waals surface area contributed by atoms with Gasteiger partial charge in [-0.3, -0.25) is 9.69 Å². The molecule has 0 saturated carbocycles. The number of carbonyl (C=O) groups excluding carboxylic acids is 2. The Labute approximate surface area is 124 Å². The number of hydrogen-bond acceptors (Lipinski definition) is 3. The summed E-state index contributed by atoms with van der Waals surface area (Å²) < 4.78 is 4.84. The van der Waals surface area contributed by atoms with Crippen LogP contribution in [0.15, 0.2) is 42.5 Å². The molecule has 0 radical (unpaired) electrons. The second-order valence-electron chi connectivity index (χ2n) is 5.23. The number of cyclic esters (lactones) is 1. The molecular weight excluding hydrogens is 268 g/mol. The van der Waals surface area contributed by atoms with Gasteiger partial charge < -0.3 is 9.64 Å². The van der Waals surface area contributed by atoms with Gasteiger partial charge in [0.25, 0.3) is 0 Å². The number of nitrogens with zero attached hydrogens (tertiary/aromatic N) is 2. The minimum Gasteiger partial charge on any atom is -0.448 e. The summed E-state index contributed by atoms with van der Waals surface area (Å²) in [7, 11) is 0. The van der Waals surface area contributed by atoms with Gasteiger partial charge in [0.2, 0.25) is 5.91 Å². The summed E-state index contributed by atoms with van der Waals surface area (Å²) in [6, 6.07) is 9.77. The van der Waals surface area contributed by atoms with Crippen LogP contribution in [0.1, 0.15) is 12.5 Å². The van der Waals surface area contributed by atoms with Crippen LogP contribution >= 0.6 is 0 Å². The van der Waals surface area contributed by atoms with Crippen molar-refractivity contribution in [3.8, 4) is 0 Å². The van der Waals surface area contributed by atoms with Gasteiger partial charge in [-0.2, -0.15) is 0 Å². The van der Waals surface area contributed by atoms with Gasteiger partial charge in [0.15, 0.2) is 0 Å². The van der Waals surface area contributed by atoms with Crippen molar-refractivity contribution in [2.75, 3.05) is 26.2 Å². The molecule has 1 aromatic rings. The Bertz CT molecular complexity index is 528. The number of hydrogen-bond donors (Lipinski definition) is 0. The molecule has 1 heterocycles. The van der Waals surface area contributed by atoms with Crippen LogP contribution in [0, 0.1) is 0 Å². The lowest BCUT2D eigenvalue weighted by Gasteiger charge is -2.25. The molecule has 1 aromatic carbocycles. The molecular formula is C16H20N2O3. The van der Waals surface area contributed by atoms with Gasteiger partial charge in [0, 0.05) is 13.1 Å². The fraction of sp³-hybridized carbons (Fsp3) is 0.375. The zero-order valence-electron chi connectivity index (χ0n) is 12.2. The van der Waals surface area contributed by atoms with Gasteiger partial charge in [0.1, 0.15) is 13.2 Å². The molecule has 0 unspecified atom stereocenters. The van der Waals surface area contributed by atoms with Gasteiger partial charge in [-0.05, 0) is 12.5 Å². The first-order chi connectivity index (χ1) is 10.1. The standard InChI is InChI=1S/C16H20N2O3/c1-13(2)10-18(11-14-6-4-3-5-7-14)15(19)12-17-8-9-21-16(17)20/h3-7H,1,8-12H2,2H3. The lowest BCUT2D eigenvalue weighted by Crippen LogP contribution is -2.41. The van der Waals surface area contributed by atoms with Gasteiger partial charge in [-0.1, -0.05) is 42.5 Å². The Morgan fingerprint density at radius 1 is 1.38 bits per heavy atom. The molecule has 0 atom stereocenters. The summed E-state index contributed by atoms with van der Waals surface area (Å²) in [5.74, 6) is -0.0966. The van der Waals surface area contributed by atoms with E-state index in [9.17, 15) is 9.59 Å². The van der Waals surface area contributed by atoms with Crippen molar-refractivity contribution < 1.29 is 14.3 Å². The minimum absolute atomic E-state index is 0.0545. The molecule has 0 aliphatic carbocycles. The Morgan fingerprint density at radius 3 is 2.67 bits per heavy atom. The van der Waals surface area contributed by atoms with Crippen LogP contribution in [0.3, 0.4) is 0 Å². The van der Waals surface area contributed by atoms with Crippen LogP contribution in [0.4, 0.5) is 4.79 Å². The number of rotatable bonds is 6. The quantitative estimate of drug-likeness (QED) is 0.753. The Morgan fingerprint density at radius 2 is 2.10 bits per heavy atom. The van der Waals surface area contributed by atoms with Crippen LogP contribution < -0.4 is 0 Å². The van der Waals surface area contributed by atoms with E-state index in [0.717, 1.165) is 11.1 Å². The van der Waals surface area contributed by atoms with E-state index in [2.05, 4.69) is 6.58 Å². The van der Waals surface area contributed by atoms with Gasteiger partial charge in [-0.25, -0.2) is 4.79 Å². The maximum atomic E-state index is 12.4. The molecule has 2 rings (SSSR count). The van der Waals surface area contributed by atoms with Gasteiger partial charge >= 0.3 is 6.09 Å². The molecule has 2 amide bonds. The molecule has 5 nitrogen and oxygen atoms in total. The Hall–Kier alpha value is -2.30. The molecule has 1 aliphatic heterocycles. The van der Waals surface area contributed by atoms with Crippen molar-refractivity contribution >= 4 is 12.0 Å². The first-order valence-electron chi connectivity index (χ1n) is 6.94. The van der Waals surface area contributed by atoms with Crippen molar-refractivity contribution in [1.29, 1.82) is 0 Å². The summed E-state index contributed by atoms with van der Waals surface area (Å²) in [4.78, 5) is 27.0.